The van der Waals surface area contributed by atoms with Crippen molar-refractivity contribution in [3.63, 3.8) is 0 Å². The second-order valence-electron chi connectivity index (χ2n) is 12.5. The van der Waals surface area contributed by atoms with Gasteiger partial charge in [0, 0.05) is 17.3 Å². The second-order valence-corrected chi connectivity index (χ2v) is 12.5. The van der Waals surface area contributed by atoms with Crippen LogP contribution in [0.4, 0.5) is 10.5 Å². The highest BCUT2D eigenvalue weighted by atomic mass is 16.6. The molecule has 228 valence electrons. The SMILES string of the molecule is C#Cc1ccccc1C(C(=O)Nc1ccccc1C)N(C(=O)C(NC(=O)OC(C)(C)C)C(C)CC)C(C)CCC(C)C. The van der Waals surface area contributed by atoms with Crippen LogP contribution in [-0.2, 0) is 14.3 Å². The summed E-state index contributed by atoms with van der Waals surface area (Å²) in [6.45, 7) is 17.3. The predicted octanol–water partition coefficient (Wildman–Crippen LogP) is 7.25. The van der Waals surface area contributed by atoms with E-state index in [4.69, 9.17) is 11.2 Å². The number of para-hydroxylation sites is 1. The van der Waals surface area contributed by atoms with Crippen LogP contribution in [-0.4, -0.2) is 40.5 Å². The Kier molecular flexibility index (Phi) is 12.7. The molecule has 0 fully saturated rings. The molecule has 0 heterocycles. The third-order valence-electron chi connectivity index (χ3n) is 7.38. The van der Waals surface area contributed by atoms with Gasteiger partial charge in [-0.15, -0.1) is 6.42 Å². The van der Waals surface area contributed by atoms with Crippen molar-refractivity contribution in [1.29, 1.82) is 0 Å². The summed E-state index contributed by atoms with van der Waals surface area (Å²) in [7, 11) is 0. The number of carbonyl (C=O) groups is 3. The van der Waals surface area contributed by atoms with Crippen LogP contribution in [0.2, 0.25) is 0 Å². The third-order valence-corrected chi connectivity index (χ3v) is 7.38. The van der Waals surface area contributed by atoms with Crippen molar-refractivity contribution in [2.75, 3.05) is 5.32 Å². The van der Waals surface area contributed by atoms with Crippen LogP contribution in [0.3, 0.4) is 0 Å². The van der Waals surface area contributed by atoms with Gasteiger partial charge in [-0.05, 0) is 82.6 Å². The van der Waals surface area contributed by atoms with Crippen LogP contribution in [0, 0.1) is 31.1 Å². The predicted molar refractivity (Wildman–Crippen MR) is 170 cm³/mol. The Morgan fingerprint density at radius 1 is 0.976 bits per heavy atom. The number of nitrogens with one attached hydrogen (secondary N) is 2. The molecule has 4 atom stereocenters. The van der Waals surface area contributed by atoms with E-state index in [1.165, 1.54) is 0 Å². The summed E-state index contributed by atoms with van der Waals surface area (Å²) in [5.41, 5.74) is 1.88. The largest absolute Gasteiger partial charge is 0.444 e. The molecule has 7 heteroatoms. The molecule has 7 nitrogen and oxygen atoms in total. The fourth-order valence-electron chi connectivity index (χ4n) is 4.79. The summed E-state index contributed by atoms with van der Waals surface area (Å²) in [6, 6.07) is 12.4. The molecular formula is C35H49N3O4. The average Bonchev–Trinajstić information content (AvgIpc) is 2.92. The number of aryl methyl sites for hydroxylation is 1. The number of rotatable bonds is 12. The Morgan fingerprint density at radius 2 is 1.60 bits per heavy atom. The molecule has 0 spiro atoms. The average molecular weight is 576 g/mol. The number of carbonyl (C=O) groups excluding carboxylic acids is 3. The van der Waals surface area contributed by atoms with Crippen LogP contribution >= 0.6 is 0 Å². The Bertz CT molecular complexity index is 1260. The molecule has 0 aliphatic rings. The maximum absolute atomic E-state index is 14.7. The van der Waals surface area contributed by atoms with E-state index < -0.39 is 23.8 Å². The van der Waals surface area contributed by atoms with Crippen LogP contribution in [0.25, 0.3) is 0 Å². The van der Waals surface area contributed by atoms with Gasteiger partial charge in [-0.2, -0.15) is 0 Å². The van der Waals surface area contributed by atoms with E-state index >= 15 is 0 Å². The molecule has 0 aliphatic carbocycles. The van der Waals surface area contributed by atoms with Crippen molar-refractivity contribution in [3.8, 4) is 12.3 Å². The van der Waals surface area contributed by atoms with Gasteiger partial charge in [-0.1, -0.05) is 76.4 Å². The van der Waals surface area contributed by atoms with Gasteiger partial charge < -0.3 is 20.3 Å². The van der Waals surface area contributed by atoms with E-state index in [2.05, 4.69) is 30.4 Å². The van der Waals surface area contributed by atoms with Crippen LogP contribution in [0.15, 0.2) is 48.5 Å². The van der Waals surface area contributed by atoms with E-state index in [0.29, 0.717) is 35.6 Å². The lowest BCUT2D eigenvalue weighted by atomic mass is 9.91. The monoisotopic (exact) mass is 575 g/mol. The molecule has 0 aromatic heterocycles. The zero-order valence-corrected chi connectivity index (χ0v) is 26.8. The maximum atomic E-state index is 14.7. The zero-order valence-electron chi connectivity index (χ0n) is 26.8. The van der Waals surface area contributed by atoms with E-state index in [1.54, 1.807) is 37.8 Å². The molecule has 0 saturated carbocycles. The summed E-state index contributed by atoms with van der Waals surface area (Å²) in [6.07, 6.45) is 7.37. The van der Waals surface area contributed by atoms with Crippen molar-refractivity contribution in [2.24, 2.45) is 11.8 Å². The summed E-state index contributed by atoms with van der Waals surface area (Å²) in [5.74, 6) is 2.13. The van der Waals surface area contributed by atoms with E-state index in [9.17, 15) is 14.4 Å². The van der Waals surface area contributed by atoms with Gasteiger partial charge in [0.15, 0.2) is 0 Å². The maximum Gasteiger partial charge on any atom is 0.408 e. The molecule has 3 amide bonds. The number of terminal acetylenes is 1. The fraction of sp³-hybridized carbons (Fsp3) is 0.514. The van der Waals surface area contributed by atoms with E-state index in [1.807, 2.05) is 64.1 Å². The van der Waals surface area contributed by atoms with Gasteiger partial charge >= 0.3 is 6.09 Å². The molecule has 42 heavy (non-hydrogen) atoms. The first-order chi connectivity index (χ1) is 19.7. The van der Waals surface area contributed by atoms with Gasteiger partial charge in [-0.25, -0.2) is 4.79 Å². The quantitative estimate of drug-likeness (QED) is 0.261. The van der Waals surface area contributed by atoms with Crippen LogP contribution in [0.1, 0.15) is 97.4 Å². The minimum atomic E-state index is -1.04. The number of hydrogen-bond donors (Lipinski definition) is 2. The van der Waals surface area contributed by atoms with Gasteiger partial charge in [0.1, 0.15) is 17.7 Å². The molecule has 2 aromatic carbocycles. The highest BCUT2D eigenvalue weighted by Gasteiger charge is 2.41. The van der Waals surface area contributed by atoms with Crippen LogP contribution in [0.5, 0.6) is 0 Å². The third kappa shape index (κ3) is 9.65. The smallest absolute Gasteiger partial charge is 0.408 e. The topological polar surface area (TPSA) is 87.7 Å². The number of amides is 3. The lowest BCUT2D eigenvalue weighted by molar-refractivity contribution is -0.144. The highest BCUT2D eigenvalue weighted by Crippen LogP contribution is 2.32. The molecule has 0 saturated heterocycles. The molecule has 2 aromatic rings. The number of hydrogen-bond acceptors (Lipinski definition) is 4. The number of anilines is 1. The summed E-state index contributed by atoms with van der Waals surface area (Å²) < 4.78 is 5.53. The number of nitrogens with zero attached hydrogens (tertiary/aromatic N) is 1. The molecule has 2 N–H and O–H groups in total. The van der Waals surface area contributed by atoms with Crippen molar-refractivity contribution < 1.29 is 19.1 Å². The zero-order chi connectivity index (χ0) is 31.6. The van der Waals surface area contributed by atoms with Crippen molar-refractivity contribution in [2.45, 2.75) is 105 Å². The van der Waals surface area contributed by atoms with E-state index in [-0.39, 0.29) is 23.8 Å². The summed E-state index contributed by atoms with van der Waals surface area (Å²) >= 11 is 0. The van der Waals surface area contributed by atoms with E-state index in [0.717, 1.165) is 12.0 Å². The number of ether oxygens (including phenoxy) is 1. The Morgan fingerprint density at radius 3 is 2.17 bits per heavy atom. The highest BCUT2D eigenvalue weighted by molar-refractivity contribution is 6.00. The minimum absolute atomic E-state index is 0.229. The fourth-order valence-corrected chi connectivity index (χ4v) is 4.79. The lowest BCUT2D eigenvalue weighted by Crippen LogP contribution is -2.57. The number of alkyl carbamates (subject to hydrolysis) is 1. The first-order valence-corrected chi connectivity index (χ1v) is 14.9. The Labute approximate surface area is 252 Å². The summed E-state index contributed by atoms with van der Waals surface area (Å²) in [4.78, 5) is 43.6. The molecule has 0 bridgehead atoms. The molecule has 0 radical (unpaired) electrons. The molecule has 0 aliphatic heterocycles. The van der Waals surface area contributed by atoms with Gasteiger partial charge in [-0.3, -0.25) is 9.59 Å². The second kappa shape index (κ2) is 15.4. The number of benzene rings is 2. The standard InChI is InChI=1S/C35H49N3O4/c1-11-24(5)30(37-34(41)42-35(8,9)10)33(40)38(26(7)22-21-23(3)4)31(28-19-15-14-18-27(28)12-2)32(39)36-29-20-16-13-17-25(29)6/h2,13-20,23-24,26,30-31H,11,21-22H2,1,3-10H3,(H,36,39)(H,37,41). The van der Waals surface area contributed by atoms with Gasteiger partial charge in [0.2, 0.25) is 5.91 Å². The normalized spacial score (nSPS) is 14.2. The van der Waals surface area contributed by atoms with Gasteiger partial charge in [0.05, 0.1) is 0 Å². The summed E-state index contributed by atoms with van der Waals surface area (Å²) in [5, 5.41) is 5.89. The first kappa shape index (κ1) is 34.4. The Hall–Kier alpha value is -3.79. The van der Waals surface area contributed by atoms with Crippen molar-refractivity contribution in [3.05, 3.63) is 65.2 Å². The van der Waals surface area contributed by atoms with Crippen molar-refractivity contribution in [1.82, 2.24) is 10.2 Å². The van der Waals surface area contributed by atoms with Crippen molar-refractivity contribution >= 4 is 23.6 Å². The van der Waals surface area contributed by atoms with Crippen LogP contribution < -0.4 is 10.6 Å². The first-order valence-electron chi connectivity index (χ1n) is 14.9. The Balaban J connectivity index is 2.72. The lowest BCUT2D eigenvalue weighted by Gasteiger charge is -2.40. The molecular weight excluding hydrogens is 526 g/mol. The minimum Gasteiger partial charge on any atom is -0.444 e. The van der Waals surface area contributed by atoms with Gasteiger partial charge in [0.25, 0.3) is 5.91 Å². The molecule has 4 unspecified atom stereocenters. The molecule has 2 rings (SSSR count).